The molecule has 0 aliphatic heterocycles. The van der Waals surface area contributed by atoms with Crippen molar-refractivity contribution in [1.29, 1.82) is 0 Å². The van der Waals surface area contributed by atoms with E-state index < -0.39 is 8.56 Å². The molecule has 0 aromatic rings. The molecule has 158 valence electrons. The van der Waals surface area contributed by atoms with Crippen LogP contribution in [0.15, 0.2) is 0 Å². The molecular formula is C23H50O2Si. The van der Waals surface area contributed by atoms with E-state index in [1.165, 1.54) is 115 Å². The zero-order valence-corrected chi connectivity index (χ0v) is 19.8. The van der Waals surface area contributed by atoms with Crippen molar-refractivity contribution in [1.82, 2.24) is 0 Å². The molecule has 0 unspecified atom stereocenters. The fourth-order valence-electron chi connectivity index (χ4n) is 3.83. The summed E-state index contributed by atoms with van der Waals surface area (Å²) in [6, 6.07) is 2.34. The second kappa shape index (κ2) is 19.9. The van der Waals surface area contributed by atoms with E-state index in [2.05, 4.69) is 13.8 Å². The molecule has 0 N–H and O–H groups in total. The van der Waals surface area contributed by atoms with Crippen LogP contribution in [0.2, 0.25) is 12.1 Å². The van der Waals surface area contributed by atoms with E-state index in [1.54, 1.807) is 0 Å². The van der Waals surface area contributed by atoms with Gasteiger partial charge in [-0.15, -0.1) is 0 Å². The van der Waals surface area contributed by atoms with Crippen LogP contribution in [0, 0.1) is 0 Å². The Kier molecular flexibility index (Phi) is 20.0. The summed E-state index contributed by atoms with van der Waals surface area (Å²) in [6.45, 7) is 4.54. The largest absolute Gasteiger partial charge is 0.398 e. The van der Waals surface area contributed by atoms with Crippen molar-refractivity contribution in [2.45, 2.75) is 135 Å². The first-order chi connectivity index (χ1) is 12.7. The molecule has 0 radical (unpaired) electrons. The monoisotopic (exact) mass is 386 g/mol. The molecule has 2 nitrogen and oxygen atoms in total. The van der Waals surface area contributed by atoms with Gasteiger partial charge in [-0.3, -0.25) is 0 Å². The number of hydrogen-bond donors (Lipinski definition) is 0. The van der Waals surface area contributed by atoms with Gasteiger partial charge in [-0.2, -0.15) is 0 Å². The minimum atomic E-state index is -1.87. The summed E-state index contributed by atoms with van der Waals surface area (Å²) < 4.78 is 11.6. The average molecular weight is 387 g/mol. The summed E-state index contributed by atoms with van der Waals surface area (Å²) >= 11 is 0. The molecule has 26 heavy (non-hydrogen) atoms. The van der Waals surface area contributed by atoms with Gasteiger partial charge in [0.25, 0.3) is 0 Å². The SMILES string of the molecule is CCCCCCCCCCCCCCCCC[Si](CCCC)(OC)OC. The summed E-state index contributed by atoms with van der Waals surface area (Å²) in [4.78, 5) is 0. The van der Waals surface area contributed by atoms with Crippen molar-refractivity contribution in [3.05, 3.63) is 0 Å². The van der Waals surface area contributed by atoms with E-state index in [-0.39, 0.29) is 0 Å². The molecule has 0 spiro atoms. The average Bonchev–Trinajstić information content (AvgIpc) is 2.67. The molecule has 0 atom stereocenters. The standard InChI is InChI=1S/C23H50O2Si/c1-5-7-9-10-11-12-13-14-15-16-17-18-19-20-21-23-26(24-3,25-4)22-8-6-2/h5-23H2,1-4H3. The molecule has 0 fully saturated rings. The van der Waals surface area contributed by atoms with Gasteiger partial charge in [0.2, 0.25) is 0 Å². The van der Waals surface area contributed by atoms with Gasteiger partial charge in [-0.05, 0) is 12.1 Å². The van der Waals surface area contributed by atoms with Crippen LogP contribution in [-0.4, -0.2) is 22.8 Å². The summed E-state index contributed by atoms with van der Waals surface area (Å²) in [6.07, 6.45) is 23.8. The Morgan fingerprint density at radius 3 is 1.08 bits per heavy atom. The molecule has 0 aromatic carbocycles. The fourth-order valence-corrected chi connectivity index (χ4v) is 6.74. The third kappa shape index (κ3) is 15.2. The predicted molar refractivity (Wildman–Crippen MR) is 119 cm³/mol. The highest BCUT2D eigenvalue weighted by molar-refractivity contribution is 6.67. The van der Waals surface area contributed by atoms with Crippen molar-refractivity contribution in [2.24, 2.45) is 0 Å². The molecule has 0 heterocycles. The first-order valence-corrected chi connectivity index (χ1v) is 14.1. The fraction of sp³-hybridized carbons (Fsp3) is 1.00. The normalized spacial score (nSPS) is 12.0. The Morgan fingerprint density at radius 2 is 0.731 bits per heavy atom. The minimum Gasteiger partial charge on any atom is -0.398 e. The molecule has 0 aliphatic rings. The van der Waals surface area contributed by atoms with E-state index >= 15 is 0 Å². The van der Waals surface area contributed by atoms with Gasteiger partial charge < -0.3 is 8.85 Å². The third-order valence-corrected chi connectivity index (χ3v) is 9.54. The van der Waals surface area contributed by atoms with Crippen LogP contribution in [0.4, 0.5) is 0 Å². The van der Waals surface area contributed by atoms with Crippen LogP contribution >= 0.6 is 0 Å². The second-order valence-corrected chi connectivity index (χ2v) is 11.8. The molecule has 3 heteroatoms. The number of unbranched alkanes of at least 4 members (excludes halogenated alkanes) is 15. The van der Waals surface area contributed by atoms with Gasteiger partial charge in [0.15, 0.2) is 0 Å². The zero-order chi connectivity index (χ0) is 19.3. The Balaban J connectivity index is 3.37. The Hall–Kier alpha value is 0.137. The molecular weight excluding hydrogens is 336 g/mol. The van der Waals surface area contributed by atoms with E-state index in [4.69, 9.17) is 8.85 Å². The summed E-state index contributed by atoms with van der Waals surface area (Å²) in [5.41, 5.74) is 0. The molecule has 0 bridgehead atoms. The molecule has 0 amide bonds. The number of rotatable bonds is 21. The first-order valence-electron chi connectivity index (χ1n) is 11.8. The third-order valence-electron chi connectivity index (χ3n) is 5.82. The first kappa shape index (κ1) is 26.1. The van der Waals surface area contributed by atoms with Crippen molar-refractivity contribution >= 4 is 8.56 Å². The van der Waals surface area contributed by atoms with Gasteiger partial charge >= 0.3 is 8.56 Å². The lowest BCUT2D eigenvalue weighted by atomic mass is 10.0. The quantitative estimate of drug-likeness (QED) is 0.146. The summed E-state index contributed by atoms with van der Waals surface area (Å²) in [7, 11) is 1.85. The lowest BCUT2D eigenvalue weighted by Crippen LogP contribution is -2.39. The van der Waals surface area contributed by atoms with Gasteiger partial charge in [-0.25, -0.2) is 0 Å². The molecule has 0 aliphatic carbocycles. The highest BCUT2D eigenvalue weighted by Crippen LogP contribution is 2.24. The zero-order valence-electron chi connectivity index (χ0n) is 18.8. The van der Waals surface area contributed by atoms with Crippen LogP contribution in [0.25, 0.3) is 0 Å². The van der Waals surface area contributed by atoms with Crippen LogP contribution in [0.3, 0.4) is 0 Å². The van der Waals surface area contributed by atoms with E-state index in [1.807, 2.05) is 14.2 Å². The van der Waals surface area contributed by atoms with Crippen molar-refractivity contribution in [2.75, 3.05) is 14.2 Å². The highest BCUT2D eigenvalue weighted by atomic mass is 28.4. The van der Waals surface area contributed by atoms with Crippen LogP contribution in [0.5, 0.6) is 0 Å². The summed E-state index contributed by atoms with van der Waals surface area (Å²) in [5, 5.41) is 0. The topological polar surface area (TPSA) is 18.5 Å². The van der Waals surface area contributed by atoms with Gasteiger partial charge in [0.1, 0.15) is 0 Å². The van der Waals surface area contributed by atoms with Crippen molar-refractivity contribution in [3.63, 3.8) is 0 Å². The summed E-state index contributed by atoms with van der Waals surface area (Å²) in [5.74, 6) is 0. The van der Waals surface area contributed by atoms with Gasteiger partial charge in [-0.1, -0.05) is 123 Å². The van der Waals surface area contributed by atoms with E-state index in [0.717, 1.165) is 6.04 Å². The maximum Gasteiger partial charge on any atom is 0.337 e. The maximum absolute atomic E-state index is 5.82. The second-order valence-electron chi connectivity index (χ2n) is 8.12. The maximum atomic E-state index is 5.82. The lowest BCUT2D eigenvalue weighted by molar-refractivity contribution is 0.238. The smallest absolute Gasteiger partial charge is 0.337 e. The molecule has 0 aromatic heterocycles. The van der Waals surface area contributed by atoms with Crippen LogP contribution in [0.1, 0.15) is 123 Å². The predicted octanol–water partition coefficient (Wildman–Crippen LogP) is 8.39. The molecule has 0 saturated heterocycles. The van der Waals surface area contributed by atoms with Crippen LogP contribution in [-0.2, 0) is 8.85 Å². The molecule has 0 saturated carbocycles. The highest BCUT2D eigenvalue weighted by Gasteiger charge is 2.33. The van der Waals surface area contributed by atoms with Crippen molar-refractivity contribution in [3.8, 4) is 0 Å². The van der Waals surface area contributed by atoms with E-state index in [9.17, 15) is 0 Å². The van der Waals surface area contributed by atoms with E-state index in [0.29, 0.717) is 0 Å². The minimum absolute atomic E-state index is 1.16. The Labute approximate surface area is 167 Å². The molecule has 0 rings (SSSR count). The Morgan fingerprint density at radius 1 is 0.423 bits per heavy atom. The van der Waals surface area contributed by atoms with Gasteiger partial charge in [0.05, 0.1) is 0 Å². The van der Waals surface area contributed by atoms with Gasteiger partial charge in [0, 0.05) is 14.2 Å². The number of hydrogen-bond acceptors (Lipinski definition) is 2. The lowest BCUT2D eigenvalue weighted by Gasteiger charge is -2.27. The van der Waals surface area contributed by atoms with Crippen LogP contribution < -0.4 is 0 Å². The Bertz CT molecular complexity index is 267. The van der Waals surface area contributed by atoms with Crippen molar-refractivity contribution < 1.29 is 8.85 Å².